The van der Waals surface area contributed by atoms with Crippen LogP contribution >= 0.6 is 0 Å². The first-order valence-corrected chi connectivity index (χ1v) is 8.75. The molecule has 134 valence electrons. The maximum absolute atomic E-state index is 11.0. The van der Waals surface area contributed by atoms with Gasteiger partial charge < -0.3 is 14.5 Å². The minimum atomic E-state index is -0.611. The molecule has 7 nitrogen and oxygen atoms in total. The molecule has 0 aromatic heterocycles. The van der Waals surface area contributed by atoms with E-state index in [9.17, 15) is 10.1 Å². The highest BCUT2D eigenvalue weighted by Gasteiger charge is 2.31. The van der Waals surface area contributed by atoms with Crippen LogP contribution in [0.25, 0.3) is 6.08 Å². The summed E-state index contributed by atoms with van der Waals surface area (Å²) < 4.78 is 5.41. The van der Waals surface area contributed by atoms with Gasteiger partial charge in [0.15, 0.2) is 5.03 Å². The molecule has 2 aliphatic heterocycles. The monoisotopic (exact) mass is 344 g/mol. The van der Waals surface area contributed by atoms with Gasteiger partial charge in [-0.05, 0) is 30.0 Å². The molecule has 2 saturated heterocycles. The van der Waals surface area contributed by atoms with Gasteiger partial charge in [-0.2, -0.15) is 0 Å². The molecular weight excluding hydrogens is 320 g/mol. The summed E-state index contributed by atoms with van der Waals surface area (Å²) in [6.07, 6.45) is 5.87. The summed E-state index contributed by atoms with van der Waals surface area (Å²) in [6.45, 7) is 5.81. The number of hydrogen-bond donors (Lipinski definition) is 0. The van der Waals surface area contributed by atoms with Crippen LogP contribution in [0.4, 0.5) is 0 Å². The van der Waals surface area contributed by atoms with Crippen LogP contribution in [-0.4, -0.2) is 53.6 Å². The Bertz CT molecular complexity index is 668. The lowest BCUT2D eigenvalue weighted by Crippen LogP contribution is -2.35. The summed E-state index contributed by atoms with van der Waals surface area (Å²) in [4.78, 5) is 14.8. The van der Waals surface area contributed by atoms with Gasteiger partial charge in [0.1, 0.15) is 5.10 Å². The third kappa shape index (κ3) is 4.36. The van der Waals surface area contributed by atoms with Crippen molar-refractivity contribution in [3.05, 3.63) is 51.7 Å². The van der Waals surface area contributed by atoms with Gasteiger partial charge in [-0.25, -0.2) is 10.1 Å². The highest BCUT2D eigenvalue weighted by Crippen LogP contribution is 2.19. The van der Waals surface area contributed by atoms with Gasteiger partial charge in [-0.15, -0.1) is 0 Å². The number of ether oxygens (including phenoxy) is 1. The Kier molecular flexibility index (Phi) is 5.65. The van der Waals surface area contributed by atoms with Crippen LogP contribution in [0.2, 0.25) is 0 Å². The molecule has 1 unspecified atom stereocenters. The van der Waals surface area contributed by atoms with Crippen molar-refractivity contribution in [2.75, 3.05) is 32.8 Å². The number of guanidine groups is 1. The Morgan fingerprint density at radius 3 is 2.96 bits per heavy atom. The van der Waals surface area contributed by atoms with Crippen molar-refractivity contribution >= 4 is 12.0 Å². The summed E-state index contributed by atoms with van der Waals surface area (Å²) >= 11 is 0. The van der Waals surface area contributed by atoms with Gasteiger partial charge in [0.05, 0.1) is 6.61 Å². The molecule has 0 radical (unpaired) electrons. The molecule has 0 N–H and O–H groups in total. The minimum Gasteiger partial charge on any atom is -0.381 e. The van der Waals surface area contributed by atoms with Crippen molar-refractivity contribution in [2.45, 2.75) is 19.8 Å². The van der Waals surface area contributed by atoms with Crippen molar-refractivity contribution < 1.29 is 9.77 Å². The second-order valence-electron chi connectivity index (χ2n) is 6.37. The number of benzene rings is 1. The van der Waals surface area contributed by atoms with E-state index in [2.05, 4.69) is 24.2 Å². The van der Waals surface area contributed by atoms with Gasteiger partial charge in [0, 0.05) is 38.4 Å². The molecule has 25 heavy (non-hydrogen) atoms. The van der Waals surface area contributed by atoms with E-state index in [4.69, 9.17) is 4.74 Å². The normalized spacial score (nSPS) is 22.4. The van der Waals surface area contributed by atoms with Crippen molar-refractivity contribution in [3.8, 4) is 0 Å². The lowest BCUT2D eigenvalue weighted by molar-refractivity contribution is -0.486. The fourth-order valence-corrected chi connectivity index (χ4v) is 3.35. The van der Waals surface area contributed by atoms with Crippen LogP contribution in [0.15, 0.2) is 35.6 Å². The summed E-state index contributed by atoms with van der Waals surface area (Å²) in [6, 6.07) is 8.18. The number of hydrogen-bond acceptors (Lipinski definition) is 3. The SMILES string of the molecule is CCc1ccccc1C=CN1CCN(CC2CCOC2)C1=N[N+](=O)[O-]. The molecule has 0 spiro atoms. The van der Waals surface area contributed by atoms with Crippen LogP contribution in [0.3, 0.4) is 0 Å². The Hall–Kier alpha value is -2.41. The van der Waals surface area contributed by atoms with E-state index in [1.54, 1.807) is 0 Å². The van der Waals surface area contributed by atoms with E-state index in [0.717, 1.165) is 44.7 Å². The predicted octanol–water partition coefficient (Wildman–Crippen LogP) is 2.42. The van der Waals surface area contributed by atoms with Crippen LogP contribution in [0.5, 0.6) is 0 Å². The molecule has 1 aromatic carbocycles. The first kappa shape index (κ1) is 17.4. The van der Waals surface area contributed by atoms with Crippen LogP contribution in [0.1, 0.15) is 24.5 Å². The van der Waals surface area contributed by atoms with E-state index in [-0.39, 0.29) is 0 Å². The number of nitrogens with zero attached hydrogens (tertiary/aromatic N) is 4. The van der Waals surface area contributed by atoms with E-state index in [1.807, 2.05) is 34.2 Å². The van der Waals surface area contributed by atoms with Crippen molar-refractivity contribution in [2.24, 2.45) is 11.0 Å². The molecule has 0 saturated carbocycles. The quantitative estimate of drug-likeness (QED) is 0.585. The van der Waals surface area contributed by atoms with Gasteiger partial charge in [-0.1, -0.05) is 31.2 Å². The molecule has 1 aromatic rings. The third-order valence-electron chi connectivity index (χ3n) is 4.69. The average molecular weight is 344 g/mol. The largest absolute Gasteiger partial charge is 0.381 e. The van der Waals surface area contributed by atoms with Crippen LogP contribution in [-0.2, 0) is 11.2 Å². The predicted molar refractivity (Wildman–Crippen MR) is 96.5 cm³/mol. The second kappa shape index (κ2) is 8.11. The second-order valence-corrected chi connectivity index (χ2v) is 6.37. The first-order valence-electron chi connectivity index (χ1n) is 8.75. The van der Waals surface area contributed by atoms with Crippen molar-refractivity contribution in [1.29, 1.82) is 0 Å². The van der Waals surface area contributed by atoms with Crippen molar-refractivity contribution in [1.82, 2.24) is 9.80 Å². The maximum atomic E-state index is 11.0. The van der Waals surface area contributed by atoms with E-state index < -0.39 is 5.03 Å². The zero-order chi connectivity index (χ0) is 17.6. The lowest BCUT2D eigenvalue weighted by atomic mass is 10.1. The van der Waals surface area contributed by atoms with E-state index in [0.29, 0.717) is 18.4 Å². The van der Waals surface area contributed by atoms with Crippen LogP contribution < -0.4 is 0 Å². The van der Waals surface area contributed by atoms with Crippen LogP contribution in [0, 0.1) is 16.0 Å². The molecule has 2 heterocycles. The highest BCUT2D eigenvalue weighted by atomic mass is 16.7. The molecule has 0 bridgehead atoms. The fourth-order valence-electron chi connectivity index (χ4n) is 3.35. The Balaban J connectivity index is 1.75. The minimum absolute atomic E-state index is 0.418. The Labute approximate surface area is 147 Å². The standard InChI is InChI=1S/C18H24N4O3/c1-2-16-5-3-4-6-17(16)7-9-20-10-11-21(18(20)19-22(23)24)13-15-8-12-25-14-15/h3-7,9,15H,2,8,10-14H2,1H3. The van der Waals surface area contributed by atoms with E-state index in [1.165, 1.54) is 5.56 Å². The molecule has 2 fully saturated rings. The van der Waals surface area contributed by atoms with E-state index >= 15 is 0 Å². The average Bonchev–Trinajstić information content (AvgIpc) is 3.24. The number of aryl methyl sites for hydroxylation is 1. The van der Waals surface area contributed by atoms with Gasteiger partial charge in [-0.3, -0.25) is 0 Å². The Morgan fingerprint density at radius 2 is 2.24 bits per heavy atom. The molecule has 0 amide bonds. The molecule has 1 atom stereocenters. The van der Waals surface area contributed by atoms with Gasteiger partial charge >= 0.3 is 0 Å². The smallest absolute Gasteiger partial charge is 0.278 e. The zero-order valence-corrected chi connectivity index (χ0v) is 14.5. The first-order chi connectivity index (χ1) is 12.2. The fraction of sp³-hybridized carbons (Fsp3) is 0.500. The Morgan fingerprint density at radius 1 is 1.40 bits per heavy atom. The summed E-state index contributed by atoms with van der Waals surface area (Å²) in [5, 5.41) is 14.0. The third-order valence-corrected chi connectivity index (χ3v) is 4.69. The summed E-state index contributed by atoms with van der Waals surface area (Å²) in [7, 11) is 0. The molecule has 3 rings (SSSR count). The number of rotatable bonds is 6. The van der Waals surface area contributed by atoms with Crippen molar-refractivity contribution in [3.63, 3.8) is 0 Å². The molecule has 7 heteroatoms. The van der Waals surface area contributed by atoms with Gasteiger partial charge in [0.25, 0.3) is 5.96 Å². The maximum Gasteiger partial charge on any atom is 0.278 e. The molecule has 0 aliphatic carbocycles. The zero-order valence-electron chi connectivity index (χ0n) is 14.5. The highest BCUT2D eigenvalue weighted by molar-refractivity contribution is 5.83. The summed E-state index contributed by atoms with van der Waals surface area (Å²) in [5.41, 5.74) is 2.39. The lowest BCUT2D eigenvalue weighted by Gasteiger charge is -2.21. The topological polar surface area (TPSA) is 71.2 Å². The summed E-state index contributed by atoms with van der Waals surface area (Å²) in [5.74, 6) is 0.837. The number of nitro groups is 1. The van der Waals surface area contributed by atoms with Gasteiger partial charge in [0.2, 0.25) is 0 Å². The molecule has 2 aliphatic rings. The molecular formula is C18H24N4O3. The number of hydrazone groups is 1.